The van der Waals surface area contributed by atoms with E-state index < -0.39 is 42.1 Å². The molecule has 0 unspecified atom stereocenters. The van der Waals surface area contributed by atoms with Gasteiger partial charge in [0.25, 0.3) is 0 Å². The summed E-state index contributed by atoms with van der Waals surface area (Å²) in [4.78, 5) is 25.9. The van der Waals surface area contributed by atoms with Gasteiger partial charge in [0, 0.05) is 37.5 Å². The van der Waals surface area contributed by atoms with E-state index in [0.717, 1.165) is 5.69 Å². The molecule has 2 aliphatic rings. The van der Waals surface area contributed by atoms with Crippen LogP contribution in [-0.4, -0.2) is 41.5 Å². The third kappa shape index (κ3) is 3.20. The molecule has 5 nitrogen and oxygen atoms in total. The Hall–Kier alpha value is -2.18. The van der Waals surface area contributed by atoms with Crippen LogP contribution in [0.25, 0.3) is 0 Å². The molecule has 1 amide bonds. The number of carboxylic acids is 1. The van der Waals surface area contributed by atoms with Gasteiger partial charge in [-0.1, -0.05) is 18.2 Å². The molecule has 3 rings (SSSR count). The fourth-order valence-electron chi connectivity index (χ4n) is 3.36. The zero-order valence-corrected chi connectivity index (χ0v) is 13.2. The average molecular weight is 338 g/mol. The number of halogens is 2. The lowest BCUT2D eigenvalue weighted by molar-refractivity contribution is -0.158. The van der Waals surface area contributed by atoms with Crippen molar-refractivity contribution in [1.82, 2.24) is 5.32 Å². The zero-order valence-electron chi connectivity index (χ0n) is 13.2. The molecule has 7 heteroatoms. The third-order valence-electron chi connectivity index (χ3n) is 4.97. The van der Waals surface area contributed by atoms with E-state index in [1.54, 1.807) is 0 Å². The standard InChI is InChI=1S/C17H20F2N2O3/c18-17(19)10-12(11-17)14(22)20-16(15(23)24)6-8-21(9-7-16)13-4-2-1-3-5-13/h1-5,12H,6-11H2,(H,20,22)(H,23,24). The predicted octanol–water partition coefficient (Wildman–Crippen LogP) is 2.27. The summed E-state index contributed by atoms with van der Waals surface area (Å²) in [6.45, 7) is 0.967. The Kier molecular flexibility index (Phi) is 4.19. The van der Waals surface area contributed by atoms with Crippen molar-refractivity contribution in [3.05, 3.63) is 30.3 Å². The Bertz CT molecular complexity index is 620. The maximum atomic E-state index is 12.9. The molecule has 24 heavy (non-hydrogen) atoms. The summed E-state index contributed by atoms with van der Waals surface area (Å²) in [5.41, 5.74) is -0.366. The lowest BCUT2D eigenvalue weighted by atomic mass is 9.79. The molecule has 0 bridgehead atoms. The van der Waals surface area contributed by atoms with Gasteiger partial charge in [-0.25, -0.2) is 13.6 Å². The molecule has 1 heterocycles. The number of benzene rings is 1. The minimum absolute atomic E-state index is 0.242. The van der Waals surface area contributed by atoms with Crippen LogP contribution in [0.3, 0.4) is 0 Å². The number of carbonyl (C=O) groups is 2. The normalized spacial score (nSPS) is 22.5. The summed E-state index contributed by atoms with van der Waals surface area (Å²) in [7, 11) is 0. The van der Waals surface area contributed by atoms with Crippen LogP contribution in [0.4, 0.5) is 14.5 Å². The third-order valence-corrected chi connectivity index (χ3v) is 4.97. The summed E-state index contributed by atoms with van der Waals surface area (Å²) in [5, 5.41) is 12.1. The SMILES string of the molecule is O=C(NC1(C(=O)O)CCN(c2ccccc2)CC1)C1CC(F)(F)C1. The summed E-state index contributed by atoms with van der Waals surface area (Å²) >= 11 is 0. The maximum Gasteiger partial charge on any atom is 0.329 e. The molecule has 1 saturated carbocycles. The number of carbonyl (C=O) groups excluding carboxylic acids is 1. The Labute approximate surface area is 138 Å². The summed E-state index contributed by atoms with van der Waals surface area (Å²) in [5.74, 6) is -5.26. The number of piperidine rings is 1. The van der Waals surface area contributed by atoms with Gasteiger partial charge in [-0.05, 0) is 25.0 Å². The molecule has 130 valence electrons. The highest BCUT2D eigenvalue weighted by Gasteiger charge is 2.51. The highest BCUT2D eigenvalue weighted by Crippen LogP contribution is 2.42. The van der Waals surface area contributed by atoms with Gasteiger partial charge < -0.3 is 15.3 Å². The quantitative estimate of drug-likeness (QED) is 0.884. The van der Waals surface area contributed by atoms with Crippen molar-refractivity contribution in [2.75, 3.05) is 18.0 Å². The number of hydrogen-bond donors (Lipinski definition) is 2. The first kappa shape index (κ1) is 16.7. The zero-order chi connectivity index (χ0) is 17.4. The number of aliphatic carboxylic acids is 1. The molecule has 1 aromatic carbocycles. The lowest BCUT2D eigenvalue weighted by Crippen LogP contribution is -2.62. The lowest BCUT2D eigenvalue weighted by Gasteiger charge is -2.42. The second kappa shape index (κ2) is 6.03. The Balaban J connectivity index is 1.64. The largest absolute Gasteiger partial charge is 0.480 e. The number of carboxylic acid groups (broad SMARTS) is 1. The van der Waals surface area contributed by atoms with Crippen molar-refractivity contribution in [2.24, 2.45) is 5.92 Å². The van der Waals surface area contributed by atoms with Crippen LogP contribution in [0, 0.1) is 5.92 Å². The average Bonchev–Trinajstić information content (AvgIpc) is 2.54. The minimum atomic E-state index is -2.80. The van der Waals surface area contributed by atoms with Gasteiger partial charge in [-0.15, -0.1) is 0 Å². The molecule has 0 aromatic heterocycles. The molecule has 0 spiro atoms. The van der Waals surface area contributed by atoms with Crippen molar-refractivity contribution in [1.29, 1.82) is 0 Å². The van der Waals surface area contributed by atoms with Crippen LogP contribution in [0.2, 0.25) is 0 Å². The van der Waals surface area contributed by atoms with Gasteiger partial charge in [0.05, 0.1) is 0 Å². The molecule has 0 atom stereocenters. The second-order valence-corrected chi connectivity index (χ2v) is 6.66. The number of alkyl halides is 2. The van der Waals surface area contributed by atoms with Crippen LogP contribution in [0.15, 0.2) is 30.3 Å². The van der Waals surface area contributed by atoms with E-state index in [9.17, 15) is 23.5 Å². The molecule has 0 radical (unpaired) electrons. The number of anilines is 1. The second-order valence-electron chi connectivity index (χ2n) is 6.66. The van der Waals surface area contributed by atoms with Crippen LogP contribution in [0.5, 0.6) is 0 Å². The van der Waals surface area contributed by atoms with E-state index in [2.05, 4.69) is 10.2 Å². The number of nitrogens with zero attached hydrogens (tertiary/aromatic N) is 1. The van der Waals surface area contributed by atoms with E-state index in [4.69, 9.17) is 0 Å². The van der Waals surface area contributed by atoms with Gasteiger partial charge >= 0.3 is 5.97 Å². The van der Waals surface area contributed by atoms with E-state index in [1.165, 1.54) is 0 Å². The Morgan fingerprint density at radius 2 is 1.71 bits per heavy atom. The van der Waals surface area contributed by atoms with Crippen molar-refractivity contribution < 1.29 is 23.5 Å². The highest BCUT2D eigenvalue weighted by molar-refractivity contribution is 5.89. The van der Waals surface area contributed by atoms with Gasteiger partial charge in [0.15, 0.2) is 0 Å². The molecule has 2 N–H and O–H groups in total. The molecular formula is C17H20F2N2O3. The fraction of sp³-hybridized carbons (Fsp3) is 0.529. The van der Waals surface area contributed by atoms with Crippen LogP contribution in [0.1, 0.15) is 25.7 Å². The number of nitrogens with one attached hydrogen (secondary N) is 1. The maximum absolute atomic E-state index is 12.9. The van der Waals surface area contributed by atoms with E-state index in [0.29, 0.717) is 13.1 Å². The topological polar surface area (TPSA) is 69.6 Å². The summed E-state index contributed by atoms with van der Waals surface area (Å²) in [6, 6.07) is 9.62. The smallest absolute Gasteiger partial charge is 0.329 e. The summed E-state index contributed by atoms with van der Waals surface area (Å²) < 4.78 is 25.8. The number of rotatable bonds is 4. The van der Waals surface area contributed by atoms with E-state index in [1.807, 2.05) is 30.3 Å². The Morgan fingerprint density at radius 1 is 1.12 bits per heavy atom. The van der Waals surface area contributed by atoms with E-state index >= 15 is 0 Å². The molecule has 1 aromatic rings. The molecule has 2 fully saturated rings. The van der Waals surface area contributed by atoms with Gasteiger partial charge in [0.2, 0.25) is 11.8 Å². The van der Waals surface area contributed by atoms with Crippen molar-refractivity contribution in [2.45, 2.75) is 37.1 Å². The van der Waals surface area contributed by atoms with Crippen molar-refractivity contribution >= 4 is 17.6 Å². The monoisotopic (exact) mass is 338 g/mol. The highest BCUT2D eigenvalue weighted by atomic mass is 19.3. The van der Waals surface area contributed by atoms with Gasteiger partial charge in [-0.3, -0.25) is 4.79 Å². The molecule has 1 aliphatic carbocycles. The van der Waals surface area contributed by atoms with Crippen LogP contribution in [-0.2, 0) is 9.59 Å². The first-order valence-corrected chi connectivity index (χ1v) is 8.05. The molecule has 1 saturated heterocycles. The van der Waals surface area contributed by atoms with Crippen molar-refractivity contribution in [3.8, 4) is 0 Å². The molecule has 1 aliphatic heterocycles. The van der Waals surface area contributed by atoms with E-state index in [-0.39, 0.29) is 12.8 Å². The van der Waals surface area contributed by atoms with Crippen molar-refractivity contribution in [3.63, 3.8) is 0 Å². The first-order chi connectivity index (χ1) is 11.3. The summed E-state index contributed by atoms with van der Waals surface area (Å²) in [6.07, 6.45) is -0.506. The fourth-order valence-corrected chi connectivity index (χ4v) is 3.36. The number of amides is 1. The first-order valence-electron chi connectivity index (χ1n) is 8.05. The Morgan fingerprint density at radius 3 is 2.21 bits per heavy atom. The minimum Gasteiger partial charge on any atom is -0.480 e. The van der Waals surface area contributed by atoms with Crippen LogP contribution >= 0.6 is 0 Å². The number of hydrogen-bond acceptors (Lipinski definition) is 3. The number of para-hydroxylation sites is 1. The van der Waals surface area contributed by atoms with Gasteiger partial charge in [-0.2, -0.15) is 0 Å². The molecular weight excluding hydrogens is 318 g/mol. The van der Waals surface area contributed by atoms with Crippen LogP contribution < -0.4 is 10.2 Å². The predicted molar refractivity (Wildman–Crippen MR) is 84.1 cm³/mol. The van der Waals surface area contributed by atoms with Gasteiger partial charge in [0.1, 0.15) is 5.54 Å².